The molecule has 0 spiro atoms. The summed E-state index contributed by atoms with van der Waals surface area (Å²) < 4.78 is 28.3. The first kappa shape index (κ1) is 20.2. The van der Waals surface area contributed by atoms with E-state index < -0.39 is 39.4 Å². The molecule has 0 amide bonds. The molecule has 0 unspecified atom stereocenters. The monoisotopic (exact) mass is 377 g/mol. The van der Waals surface area contributed by atoms with E-state index in [9.17, 15) is 28.5 Å². The van der Waals surface area contributed by atoms with Gasteiger partial charge in [-0.1, -0.05) is 42.5 Å². The molecule has 142 valence electrons. The number of carbonyl (C=O) groups is 2. The number of benzene rings is 1. The van der Waals surface area contributed by atoms with Gasteiger partial charge in [0, 0.05) is 5.57 Å². The summed E-state index contributed by atoms with van der Waals surface area (Å²) in [5.74, 6) is -8.08. The van der Waals surface area contributed by atoms with E-state index in [2.05, 4.69) is 0 Å². The Labute approximate surface area is 153 Å². The van der Waals surface area contributed by atoms with Gasteiger partial charge in [-0.3, -0.25) is 14.9 Å². The van der Waals surface area contributed by atoms with Crippen LogP contribution in [0.3, 0.4) is 0 Å². The normalized spacial score (nSPS) is 16.9. The highest BCUT2D eigenvalue weighted by Gasteiger charge is 2.58. The Bertz CT molecular complexity index is 869. The third kappa shape index (κ3) is 4.16. The van der Waals surface area contributed by atoms with Crippen molar-refractivity contribution in [3.8, 4) is 0 Å². The molecule has 1 aromatic rings. The summed E-state index contributed by atoms with van der Waals surface area (Å²) >= 11 is 0. The minimum Gasteiger partial charge on any atom is -0.477 e. The average molecular weight is 377 g/mol. The molecule has 1 aliphatic carbocycles. The maximum atomic E-state index is 14.2. The fourth-order valence-corrected chi connectivity index (χ4v) is 2.88. The Morgan fingerprint density at radius 3 is 2.44 bits per heavy atom. The van der Waals surface area contributed by atoms with Crippen molar-refractivity contribution in [3.63, 3.8) is 0 Å². The Morgan fingerprint density at radius 1 is 1.26 bits per heavy atom. The first-order valence-corrected chi connectivity index (χ1v) is 8.12. The van der Waals surface area contributed by atoms with Crippen molar-refractivity contribution in [2.45, 2.75) is 32.1 Å². The molecule has 0 saturated heterocycles. The van der Waals surface area contributed by atoms with Gasteiger partial charge in [0.2, 0.25) is 5.78 Å². The van der Waals surface area contributed by atoms with Crippen LogP contribution in [0.5, 0.6) is 0 Å². The van der Waals surface area contributed by atoms with Crippen molar-refractivity contribution in [2.24, 2.45) is 0 Å². The van der Waals surface area contributed by atoms with E-state index in [1.54, 1.807) is 6.08 Å². The predicted octanol–water partition coefficient (Wildman–Crippen LogP) is 3.72. The summed E-state index contributed by atoms with van der Waals surface area (Å²) in [6.07, 6.45) is 4.28. The number of nitro groups is 1. The third-order valence-corrected chi connectivity index (χ3v) is 4.25. The molecule has 1 N–H and O–H groups in total. The molecule has 0 aromatic heterocycles. The van der Waals surface area contributed by atoms with E-state index in [4.69, 9.17) is 5.11 Å². The molecule has 0 aliphatic heterocycles. The molecule has 8 heteroatoms. The third-order valence-electron chi connectivity index (χ3n) is 4.25. The molecule has 2 rings (SSSR count). The van der Waals surface area contributed by atoms with Gasteiger partial charge in [-0.15, -0.1) is 0 Å². The molecule has 1 aromatic carbocycles. The lowest BCUT2D eigenvalue weighted by atomic mass is 9.84. The smallest absolute Gasteiger partial charge is 0.397 e. The van der Waals surface area contributed by atoms with E-state index in [-0.39, 0.29) is 12.0 Å². The van der Waals surface area contributed by atoms with Gasteiger partial charge in [0.1, 0.15) is 5.57 Å². The molecule has 0 bridgehead atoms. The second kappa shape index (κ2) is 8.03. The van der Waals surface area contributed by atoms with Gasteiger partial charge in [0.25, 0.3) is 0 Å². The number of aliphatic carboxylic acids is 1. The zero-order valence-electron chi connectivity index (χ0n) is 14.4. The Hall–Kier alpha value is -3.16. The molecule has 0 fully saturated rings. The standard InChI is InChI=1S/C19H17F2NO5/c1-12-14(11-7-3-6-10-13-8-4-2-5-9-13)17(23)19(20,21)16(22(26)27)15(12)18(24)25/h2-5,7-9H,6,10-11H2,1H3,(H,24,25)/b7-3+. The van der Waals surface area contributed by atoms with Gasteiger partial charge >= 0.3 is 17.6 Å². The van der Waals surface area contributed by atoms with Crippen LogP contribution in [0.15, 0.2) is 64.9 Å². The van der Waals surface area contributed by atoms with E-state index in [1.807, 2.05) is 30.3 Å². The van der Waals surface area contributed by atoms with E-state index in [1.165, 1.54) is 6.08 Å². The number of Topliss-reactive ketones (excluding diaryl/α,β-unsaturated/α-hetero) is 1. The van der Waals surface area contributed by atoms with E-state index in [0.29, 0.717) is 12.8 Å². The zero-order valence-corrected chi connectivity index (χ0v) is 14.4. The fourth-order valence-electron chi connectivity index (χ4n) is 2.88. The van der Waals surface area contributed by atoms with Crippen LogP contribution in [0.2, 0.25) is 0 Å². The highest BCUT2D eigenvalue weighted by Crippen LogP contribution is 2.40. The molecule has 0 atom stereocenters. The number of hydrogen-bond donors (Lipinski definition) is 1. The summed E-state index contributed by atoms with van der Waals surface area (Å²) in [5.41, 5.74) is -2.66. The Morgan fingerprint density at radius 2 is 1.89 bits per heavy atom. The minimum atomic E-state index is -4.48. The van der Waals surface area contributed by atoms with Crippen LogP contribution in [-0.4, -0.2) is 27.7 Å². The highest BCUT2D eigenvalue weighted by atomic mass is 19.3. The molecular formula is C19H17F2NO5. The lowest BCUT2D eigenvalue weighted by molar-refractivity contribution is -0.445. The summed E-state index contributed by atoms with van der Waals surface area (Å²) in [5, 5.41) is 20.1. The second-order valence-electron chi connectivity index (χ2n) is 5.99. The fraction of sp³-hybridized carbons (Fsp3) is 0.263. The topological polar surface area (TPSA) is 97.5 Å². The van der Waals surface area contributed by atoms with Crippen LogP contribution in [0.4, 0.5) is 8.78 Å². The first-order valence-electron chi connectivity index (χ1n) is 8.12. The molecule has 27 heavy (non-hydrogen) atoms. The lowest BCUT2D eigenvalue weighted by Gasteiger charge is -2.22. The van der Waals surface area contributed by atoms with E-state index >= 15 is 0 Å². The van der Waals surface area contributed by atoms with Crippen LogP contribution in [0.25, 0.3) is 0 Å². The van der Waals surface area contributed by atoms with Crippen molar-refractivity contribution < 1.29 is 28.4 Å². The SMILES string of the molecule is CC1=C(C/C=C/CCc2ccccc2)C(=O)C(F)(F)C([N+](=O)[O-])=C1C(=O)O. The molecule has 0 radical (unpaired) electrons. The van der Waals surface area contributed by atoms with Crippen LogP contribution in [0.1, 0.15) is 25.3 Å². The van der Waals surface area contributed by atoms with Gasteiger partial charge in [0.15, 0.2) is 0 Å². The number of nitrogens with zero attached hydrogens (tertiary/aromatic N) is 1. The highest BCUT2D eigenvalue weighted by molar-refractivity contribution is 6.10. The number of ketones is 1. The number of aryl methyl sites for hydroxylation is 1. The molecular weight excluding hydrogens is 360 g/mol. The van der Waals surface area contributed by atoms with Gasteiger partial charge < -0.3 is 5.11 Å². The number of hydrogen-bond acceptors (Lipinski definition) is 4. The Balaban J connectivity index is 2.24. The molecule has 0 heterocycles. The minimum absolute atomic E-state index is 0.225. The van der Waals surface area contributed by atoms with Gasteiger partial charge in [0.05, 0.1) is 4.92 Å². The number of halogens is 2. The van der Waals surface area contributed by atoms with Crippen LogP contribution in [0, 0.1) is 10.1 Å². The van der Waals surface area contributed by atoms with Crippen LogP contribution >= 0.6 is 0 Å². The number of allylic oxidation sites excluding steroid dienone is 4. The molecule has 1 aliphatic rings. The number of rotatable bonds is 7. The van der Waals surface area contributed by atoms with Crippen molar-refractivity contribution >= 4 is 11.8 Å². The second-order valence-corrected chi connectivity index (χ2v) is 5.99. The number of carbonyl (C=O) groups excluding carboxylic acids is 1. The maximum Gasteiger partial charge on any atom is 0.397 e. The summed E-state index contributed by atoms with van der Waals surface area (Å²) in [6.45, 7) is 1.13. The largest absolute Gasteiger partial charge is 0.477 e. The zero-order chi connectivity index (χ0) is 20.2. The predicted molar refractivity (Wildman–Crippen MR) is 92.8 cm³/mol. The number of carboxylic acid groups (broad SMARTS) is 1. The van der Waals surface area contributed by atoms with Crippen LogP contribution < -0.4 is 0 Å². The van der Waals surface area contributed by atoms with Crippen molar-refractivity contribution in [1.82, 2.24) is 0 Å². The average Bonchev–Trinajstić information content (AvgIpc) is 2.60. The van der Waals surface area contributed by atoms with Crippen LogP contribution in [-0.2, 0) is 16.0 Å². The van der Waals surface area contributed by atoms with Gasteiger partial charge in [-0.2, -0.15) is 8.78 Å². The lowest BCUT2D eigenvalue weighted by Crippen LogP contribution is -2.41. The molecule has 6 nitrogen and oxygen atoms in total. The van der Waals surface area contributed by atoms with E-state index in [0.717, 1.165) is 12.5 Å². The maximum absolute atomic E-state index is 14.2. The summed E-state index contributed by atoms with van der Waals surface area (Å²) in [6, 6.07) is 9.55. The number of carboxylic acids is 1. The van der Waals surface area contributed by atoms with Crippen molar-refractivity contribution in [1.29, 1.82) is 0 Å². The van der Waals surface area contributed by atoms with Crippen molar-refractivity contribution in [2.75, 3.05) is 0 Å². The molecule has 0 saturated carbocycles. The summed E-state index contributed by atoms with van der Waals surface area (Å²) in [7, 11) is 0. The number of alkyl halides is 2. The summed E-state index contributed by atoms with van der Waals surface area (Å²) in [4.78, 5) is 32.8. The quantitative estimate of drug-likeness (QED) is 0.444. The Kier molecular flexibility index (Phi) is 5.99. The van der Waals surface area contributed by atoms with Gasteiger partial charge in [-0.25, -0.2) is 4.79 Å². The van der Waals surface area contributed by atoms with Crippen molar-refractivity contribution in [3.05, 3.63) is 80.6 Å². The van der Waals surface area contributed by atoms with Gasteiger partial charge in [-0.05, 0) is 37.3 Å². The first-order chi connectivity index (χ1) is 12.7.